The van der Waals surface area contributed by atoms with Crippen LogP contribution in [0.5, 0.6) is 0 Å². The zero-order chi connectivity index (χ0) is 9.28. The van der Waals surface area contributed by atoms with Gasteiger partial charge in [0, 0.05) is 6.61 Å². The first-order valence-corrected chi connectivity index (χ1v) is 2.75. The maximum Gasteiger partial charge on any atom is 2.00 e. The molecule has 0 atom stereocenters. The molecule has 12 heavy (non-hydrogen) atoms. The van der Waals surface area contributed by atoms with Crippen molar-refractivity contribution >= 4 is 11.9 Å². The second-order valence-corrected chi connectivity index (χ2v) is 1.29. The molecule has 0 fully saturated rings. The van der Waals surface area contributed by atoms with E-state index in [-0.39, 0.29) is 23.7 Å². The summed E-state index contributed by atoms with van der Waals surface area (Å²) in [5.41, 5.74) is 0. The Morgan fingerprint density at radius 1 is 1.25 bits per heavy atom. The summed E-state index contributed by atoms with van der Waals surface area (Å²) in [5, 5.41) is 26.4. The minimum Gasteiger partial charge on any atom is -0.545 e. The maximum absolute atomic E-state index is 9.41. The average molecular weight is 216 g/mol. The van der Waals surface area contributed by atoms with Crippen molar-refractivity contribution in [2.24, 2.45) is 0 Å². The quantitative estimate of drug-likeness (QED) is 0.392. The zero-order valence-electron chi connectivity index (χ0n) is 6.30. The van der Waals surface area contributed by atoms with Crippen LogP contribution in [-0.4, -0.2) is 23.7 Å². The van der Waals surface area contributed by atoms with Gasteiger partial charge in [0.05, 0.1) is 11.9 Å². The summed E-state index contributed by atoms with van der Waals surface area (Å²) in [6.45, 7) is 1.93. The standard InChI is InChI=1S/C4H4O4.C2H6O.Fe/c5-3(6)1-2-4(7)8;1-2-3;/h1-2H,(H,5,6)(H,7,8);3H,2H2,1H3;/q;;+2/p-2/b2-1+;;. The number of carboxylic acids is 2. The predicted octanol–water partition coefficient (Wildman–Crippen LogP) is -2.96. The molecule has 0 spiro atoms. The molecule has 0 saturated carbocycles. The van der Waals surface area contributed by atoms with Crippen LogP contribution in [0.3, 0.4) is 0 Å². The molecule has 0 amide bonds. The van der Waals surface area contributed by atoms with Gasteiger partial charge in [-0.05, 0) is 19.1 Å². The van der Waals surface area contributed by atoms with Gasteiger partial charge in [-0.25, -0.2) is 0 Å². The molecule has 0 aliphatic rings. The molecule has 0 saturated heterocycles. The molecular formula is C6H8FeO5. The van der Waals surface area contributed by atoms with Gasteiger partial charge in [-0.2, -0.15) is 0 Å². The van der Waals surface area contributed by atoms with Gasteiger partial charge in [0.15, 0.2) is 0 Å². The fourth-order valence-corrected chi connectivity index (χ4v) is 0.136. The predicted molar refractivity (Wildman–Crippen MR) is 31.9 cm³/mol. The Morgan fingerprint density at radius 3 is 1.50 bits per heavy atom. The summed E-state index contributed by atoms with van der Waals surface area (Å²) in [7, 11) is 0. The van der Waals surface area contributed by atoms with E-state index < -0.39 is 11.9 Å². The number of carboxylic acid groups (broad SMARTS) is 2. The van der Waals surface area contributed by atoms with Gasteiger partial charge in [-0.1, -0.05) is 0 Å². The molecular weight excluding hydrogens is 208 g/mol. The Morgan fingerprint density at radius 2 is 1.42 bits per heavy atom. The van der Waals surface area contributed by atoms with E-state index in [1.54, 1.807) is 6.92 Å². The molecule has 6 heteroatoms. The second-order valence-electron chi connectivity index (χ2n) is 1.29. The van der Waals surface area contributed by atoms with Gasteiger partial charge in [0.2, 0.25) is 0 Å². The van der Waals surface area contributed by atoms with Crippen LogP contribution < -0.4 is 10.2 Å². The van der Waals surface area contributed by atoms with E-state index in [9.17, 15) is 19.8 Å². The van der Waals surface area contributed by atoms with Crippen molar-refractivity contribution < 1.29 is 42.0 Å². The second kappa shape index (κ2) is 12.8. The van der Waals surface area contributed by atoms with E-state index >= 15 is 0 Å². The molecule has 0 rings (SSSR count). The Labute approximate surface area is 80.2 Å². The Hall–Kier alpha value is -0.841. The number of hydrogen-bond acceptors (Lipinski definition) is 5. The van der Waals surface area contributed by atoms with E-state index in [1.165, 1.54) is 0 Å². The van der Waals surface area contributed by atoms with Crippen molar-refractivity contribution in [3.63, 3.8) is 0 Å². The van der Waals surface area contributed by atoms with Crippen molar-refractivity contribution in [3.05, 3.63) is 12.2 Å². The van der Waals surface area contributed by atoms with E-state index in [4.69, 9.17) is 5.11 Å². The third-order valence-electron chi connectivity index (χ3n) is 0.355. The summed E-state index contributed by atoms with van der Waals surface area (Å²) in [6.07, 6.45) is 0.769. The molecule has 0 aromatic rings. The molecule has 0 aromatic carbocycles. The first-order chi connectivity index (χ1) is 5.04. The summed E-state index contributed by atoms with van der Waals surface area (Å²) >= 11 is 0. The molecule has 0 unspecified atom stereocenters. The van der Waals surface area contributed by atoms with Crippen LogP contribution >= 0.6 is 0 Å². The van der Waals surface area contributed by atoms with E-state index in [0.717, 1.165) is 0 Å². The average Bonchev–Trinajstić information content (AvgIpc) is 1.85. The van der Waals surface area contributed by atoms with Crippen molar-refractivity contribution in [1.29, 1.82) is 0 Å². The molecule has 5 nitrogen and oxygen atoms in total. The molecule has 0 heterocycles. The number of carbonyl (C=O) groups is 2. The molecule has 0 radical (unpaired) electrons. The van der Waals surface area contributed by atoms with Crippen molar-refractivity contribution in [2.75, 3.05) is 6.61 Å². The summed E-state index contributed by atoms with van der Waals surface area (Å²) in [5.74, 6) is -3.09. The zero-order valence-corrected chi connectivity index (χ0v) is 7.40. The van der Waals surface area contributed by atoms with Crippen LogP contribution in [0.4, 0.5) is 0 Å². The number of hydrogen-bond donors (Lipinski definition) is 1. The number of aliphatic hydroxyl groups is 1. The smallest absolute Gasteiger partial charge is 0.545 e. The fraction of sp³-hybridized carbons (Fsp3) is 0.333. The van der Waals surface area contributed by atoms with Crippen molar-refractivity contribution in [3.8, 4) is 0 Å². The third kappa shape index (κ3) is 35.2. The SMILES string of the molecule is CCO.O=C([O-])/C=C/C(=O)[O-].[Fe+2]. The molecule has 0 aromatic heterocycles. The molecule has 70 valence electrons. The van der Waals surface area contributed by atoms with Crippen LogP contribution in [0.25, 0.3) is 0 Å². The van der Waals surface area contributed by atoms with Gasteiger partial charge in [-0.15, -0.1) is 0 Å². The fourth-order valence-electron chi connectivity index (χ4n) is 0.136. The number of aliphatic carboxylic acids is 2. The third-order valence-corrected chi connectivity index (χ3v) is 0.355. The van der Waals surface area contributed by atoms with Gasteiger partial charge in [-0.3, -0.25) is 0 Å². The van der Waals surface area contributed by atoms with Crippen LogP contribution in [0.1, 0.15) is 6.92 Å². The first kappa shape index (κ1) is 17.3. The van der Waals surface area contributed by atoms with Crippen LogP contribution in [0.15, 0.2) is 12.2 Å². The summed E-state index contributed by atoms with van der Waals surface area (Å²) in [6, 6.07) is 0. The van der Waals surface area contributed by atoms with Crippen LogP contribution in [0, 0.1) is 0 Å². The minimum absolute atomic E-state index is 0. The Kier molecular flexibility index (Phi) is 18.5. The maximum atomic E-state index is 9.41. The van der Waals surface area contributed by atoms with E-state index in [2.05, 4.69) is 0 Å². The molecule has 1 N–H and O–H groups in total. The Balaban J connectivity index is -0.000000177. The van der Waals surface area contributed by atoms with Gasteiger partial charge < -0.3 is 24.9 Å². The number of aliphatic hydroxyl groups excluding tert-OH is 1. The Bertz CT molecular complexity index is 138. The van der Waals surface area contributed by atoms with Crippen molar-refractivity contribution in [2.45, 2.75) is 6.92 Å². The monoisotopic (exact) mass is 216 g/mol. The summed E-state index contributed by atoms with van der Waals surface area (Å²) in [4.78, 5) is 18.8. The number of rotatable bonds is 2. The normalized spacial score (nSPS) is 7.83. The number of carbonyl (C=O) groups excluding carboxylic acids is 2. The van der Waals surface area contributed by atoms with E-state index in [1.807, 2.05) is 0 Å². The first-order valence-electron chi connectivity index (χ1n) is 2.75. The van der Waals surface area contributed by atoms with Crippen molar-refractivity contribution in [1.82, 2.24) is 0 Å². The molecule has 0 aliphatic heterocycles. The summed E-state index contributed by atoms with van der Waals surface area (Å²) < 4.78 is 0. The van der Waals surface area contributed by atoms with Crippen LogP contribution in [-0.2, 0) is 26.7 Å². The van der Waals surface area contributed by atoms with E-state index in [0.29, 0.717) is 12.2 Å². The molecule has 0 bridgehead atoms. The molecule has 0 aliphatic carbocycles. The van der Waals surface area contributed by atoms with Gasteiger partial charge in [0.1, 0.15) is 0 Å². The van der Waals surface area contributed by atoms with Crippen LogP contribution in [0.2, 0.25) is 0 Å². The largest absolute Gasteiger partial charge is 2.00 e. The van der Waals surface area contributed by atoms with Gasteiger partial charge in [0.25, 0.3) is 0 Å². The van der Waals surface area contributed by atoms with Gasteiger partial charge >= 0.3 is 17.1 Å². The minimum atomic E-state index is -1.55. The topological polar surface area (TPSA) is 100 Å².